The molecular formula is C16H24Cl2N4O. The van der Waals surface area contributed by atoms with Crippen molar-refractivity contribution in [1.29, 1.82) is 0 Å². The highest BCUT2D eigenvalue weighted by molar-refractivity contribution is 5.85. The molecule has 5 nitrogen and oxygen atoms in total. The molecule has 7 heteroatoms. The Labute approximate surface area is 149 Å². The van der Waals surface area contributed by atoms with Crippen LogP contribution in [-0.4, -0.2) is 22.2 Å². The molecule has 0 fully saturated rings. The van der Waals surface area contributed by atoms with Gasteiger partial charge in [0.05, 0.1) is 0 Å². The van der Waals surface area contributed by atoms with Gasteiger partial charge >= 0.3 is 0 Å². The van der Waals surface area contributed by atoms with E-state index in [0.717, 1.165) is 5.56 Å². The first kappa shape index (κ1) is 21.4. The number of hydrogen-bond acceptors (Lipinski definition) is 3. The highest BCUT2D eigenvalue weighted by atomic mass is 35.5. The number of nitrogens with zero attached hydrogens (tertiary/aromatic N) is 2. The fraction of sp³-hybridized carbons (Fsp3) is 0.375. The van der Waals surface area contributed by atoms with E-state index in [-0.39, 0.29) is 43.3 Å². The highest BCUT2D eigenvalue weighted by Crippen LogP contribution is 2.17. The summed E-state index contributed by atoms with van der Waals surface area (Å²) in [6.45, 7) is 4.95. The van der Waals surface area contributed by atoms with E-state index in [1.165, 1.54) is 5.56 Å². The van der Waals surface area contributed by atoms with Gasteiger partial charge in [0.25, 0.3) is 0 Å². The van der Waals surface area contributed by atoms with Crippen LogP contribution >= 0.6 is 24.8 Å². The number of hydrogen-bond donors (Lipinski definition) is 2. The zero-order chi connectivity index (χ0) is 15.2. The number of carbonyl (C=O) groups excluding carboxylic acids is 1. The first-order valence-corrected chi connectivity index (χ1v) is 7.16. The van der Waals surface area contributed by atoms with E-state index in [2.05, 4.69) is 36.4 Å². The number of nitrogens with two attached hydrogens (primary N) is 1. The number of halogens is 2. The summed E-state index contributed by atoms with van der Waals surface area (Å²) >= 11 is 0. The molecule has 128 valence electrons. The van der Waals surface area contributed by atoms with Crippen LogP contribution < -0.4 is 11.1 Å². The van der Waals surface area contributed by atoms with E-state index in [1.54, 1.807) is 23.1 Å². The van der Waals surface area contributed by atoms with E-state index >= 15 is 0 Å². The number of carbonyl (C=O) groups is 1. The lowest BCUT2D eigenvalue weighted by molar-refractivity contribution is -0.121. The monoisotopic (exact) mass is 358 g/mol. The number of aromatic nitrogens is 2. The molecule has 1 unspecified atom stereocenters. The molecule has 0 saturated heterocycles. The van der Waals surface area contributed by atoms with Crippen molar-refractivity contribution in [2.45, 2.75) is 32.4 Å². The zero-order valence-electron chi connectivity index (χ0n) is 13.3. The molecule has 0 spiro atoms. The second-order valence-electron chi connectivity index (χ2n) is 5.44. The summed E-state index contributed by atoms with van der Waals surface area (Å²) in [7, 11) is 0. The van der Waals surface area contributed by atoms with Crippen LogP contribution in [0.25, 0.3) is 0 Å². The van der Waals surface area contributed by atoms with Gasteiger partial charge in [0.1, 0.15) is 6.54 Å². The Kier molecular flexibility index (Phi) is 9.56. The van der Waals surface area contributed by atoms with Gasteiger partial charge in [-0.05, 0) is 23.1 Å². The molecule has 2 rings (SSSR count). The molecule has 0 aliphatic carbocycles. The highest BCUT2D eigenvalue weighted by Gasteiger charge is 2.09. The van der Waals surface area contributed by atoms with Gasteiger partial charge in [-0.15, -0.1) is 24.8 Å². The van der Waals surface area contributed by atoms with Crippen LogP contribution in [0.5, 0.6) is 0 Å². The average Bonchev–Trinajstić information content (AvgIpc) is 2.97. The van der Waals surface area contributed by atoms with Crippen LogP contribution in [0, 0.1) is 0 Å². The van der Waals surface area contributed by atoms with Gasteiger partial charge in [0.2, 0.25) is 5.91 Å². The Morgan fingerprint density at radius 3 is 2.35 bits per heavy atom. The number of rotatable bonds is 6. The summed E-state index contributed by atoms with van der Waals surface area (Å²) in [4.78, 5) is 11.8. The van der Waals surface area contributed by atoms with Crippen molar-refractivity contribution >= 4 is 30.7 Å². The molecule has 0 saturated carbocycles. The Bertz CT molecular complexity index is 570. The van der Waals surface area contributed by atoms with Gasteiger partial charge < -0.3 is 11.1 Å². The van der Waals surface area contributed by atoms with Gasteiger partial charge in [-0.2, -0.15) is 5.10 Å². The smallest absolute Gasteiger partial charge is 0.241 e. The van der Waals surface area contributed by atoms with E-state index < -0.39 is 0 Å². The maximum absolute atomic E-state index is 11.8. The van der Waals surface area contributed by atoms with E-state index in [1.807, 2.05) is 12.1 Å². The predicted octanol–water partition coefficient (Wildman–Crippen LogP) is 2.67. The molecule has 23 heavy (non-hydrogen) atoms. The Balaban J connectivity index is 0.00000242. The number of benzene rings is 1. The zero-order valence-corrected chi connectivity index (χ0v) is 14.9. The summed E-state index contributed by atoms with van der Waals surface area (Å²) < 4.78 is 1.58. The number of amides is 1. The topological polar surface area (TPSA) is 72.9 Å². The van der Waals surface area contributed by atoms with Gasteiger partial charge in [0.15, 0.2) is 0 Å². The molecule has 1 atom stereocenters. The van der Waals surface area contributed by atoms with Crippen molar-refractivity contribution in [3.8, 4) is 0 Å². The standard InChI is InChI=1S/C16H22N4O.2ClH/c1-12(2)13-4-6-14(7-5-13)15(17)10-18-16(21)11-20-9-3-8-19-20;;/h3-9,12,15H,10-11,17H2,1-2H3,(H,18,21);2*1H. The van der Waals surface area contributed by atoms with Crippen LogP contribution in [0.2, 0.25) is 0 Å². The molecule has 0 aliphatic rings. The van der Waals surface area contributed by atoms with Crippen molar-refractivity contribution in [2.24, 2.45) is 5.73 Å². The molecule has 1 heterocycles. The molecular weight excluding hydrogens is 335 g/mol. The SMILES string of the molecule is CC(C)c1ccc(C(N)CNC(=O)Cn2cccn2)cc1.Cl.Cl. The van der Waals surface area contributed by atoms with Crippen LogP contribution in [-0.2, 0) is 11.3 Å². The van der Waals surface area contributed by atoms with Gasteiger partial charge in [-0.3, -0.25) is 9.48 Å². The van der Waals surface area contributed by atoms with Crippen molar-refractivity contribution in [3.63, 3.8) is 0 Å². The summed E-state index contributed by atoms with van der Waals surface area (Å²) in [6.07, 6.45) is 3.40. The molecule has 0 aliphatic heterocycles. The quantitative estimate of drug-likeness (QED) is 0.833. The van der Waals surface area contributed by atoms with Gasteiger partial charge in [0, 0.05) is 25.0 Å². The molecule has 0 radical (unpaired) electrons. The average molecular weight is 359 g/mol. The minimum absolute atomic E-state index is 0. The van der Waals surface area contributed by atoms with Crippen molar-refractivity contribution in [2.75, 3.05) is 6.54 Å². The summed E-state index contributed by atoms with van der Waals surface area (Å²) in [5.74, 6) is 0.414. The largest absolute Gasteiger partial charge is 0.353 e. The molecule has 1 aromatic heterocycles. The lowest BCUT2D eigenvalue weighted by Crippen LogP contribution is -2.34. The minimum atomic E-state index is -0.201. The maximum Gasteiger partial charge on any atom is 0.241 e. The van der Waals surface area contributed by atoms with E-state index in [0.29, 0.717) is 12.5 Å². The van der Waals surface area contributed by atoms with E-state index in [9.17, 15) is 4.79 Å². The third-order valence-electron chi connectivity index (χ3n) is 3.42. The molecule has 1 aromatic carbocycles. The first-order valence-electron chi connectivity index (χ1n) is 7.16. The fourth-order valence-corrected chi connectivity index (χ4v) is 2.07. The number of nitrogens with one attached hydrogen (secondary N) is 1. The second kappa shape index (κ2) is 10.3. The van der Waals surface area contributed by atoms with Crippen molar-refractivity contribution in [1.82, 2.24) is 15.1 Å². The molecule has 3 N–H and O–H groups in total. The van der Waals surface area contributed by atoms with E-state index in [4.69, 9.17) is 5.73 Å². The van der Waals surface area contributed by atoms with Crippen LogP contribution in [0.3, 0.4) is 0 Å². The van der Waals surface area contributed by atoms with Crippen LogP contribution in [0.15, 0.2) is 42.7 Å². The predicted molar refractivity (Wildman–Crippen MR) is 97.2 cm³/mol. The third kappa shape index (κ3) is 6.60. The normalized spacial score (nSPS) is 11.3. The Morgan fingerprint density at radius 1 is 1.22 bits per heavy atom. The van der Waals surface area contributed by atoms with Crippen LogP contribution in [0.1, 0.15) is 36.9 Å². The minimum Gasteiger partial charge on any atom is -0.353 e. The third-order valence-corrected chi connectivity index (χ3v) is 3.42. The summed E-state index contributed by atoms with van der Waals surface area (Å²) in [5.41, 5.74) is 8.42. The van der Waals surface area contributed by atoms with Gasteiger partial charge in [-0.25, -0.2) is 0 Å². The maximum atomic E-state index is 11.8. The first-order chi connectivity index (χ1) is 10.1. The van der Waals surface area contributed by atoms with Gasteiger partial charge in [-0.1, -0.05) is 38.1 Å². The fourth-order valence-electron chi connectivity index (χ4n) is 2.07. The molecule has 2 aromatic rings. The van der Waals surface area contributed by atoms with Crippen LogP contribution in [0.4, 0.5) is 0 Å². The Hall–Kier alpha value is -1.56. The second-order valence-corrected chi connectivity index (χ2v) is 5.44. The lowest BCUT2D eigenvalue weighted by atomic mass is 9.99. The lowest BCUT2D eigenvalue weighted by Gasteiger charge is -2.14. The summed E-state index contributed by atoms with van der Waals surface area (Å²) in [5, 5.41) is 6.82. The summed E-state index contributed by atoms with van der Waals surface area (Å²) in [6, 6.07) is 9.82. The van der Waals surface area contributed by atoms with Crippen molar-refractivity contribution in [3.05, 3.63) is 53.9 Å². The molecule has 1 amide bonds. The van der Waals surface area contributed by atoms with Crippen molar-refractivity contribution < 1.29 is 4.79 Å². The Morgan fingerprint density at radius 2 is 1.83 bits per heavy atom. The molecule has 0 bridgehead atoms.